The lowest BCUT2D eigenvalue weighted by Gasteiger charge is -2.00. The molecule has 0 N–H and O–H groups in total. The van der Waals surface area contributed by atoms with Gasteiger partial charge in [-0.2, -0.15) is 0 Å². The van der Waals surface area contributed by atoms with E-state index in [1.54, 1.807) is 0 Å². The van der Waals surface area contributed by atoms with E-state index >= 15 is 0 Å². The summed E-state index contributed by atoms with van der Waals surface area (Å²) in [6.07, 6.45) is 6.08. The van der Waals surface area contributed by atoms with Crippen molar-refractivity contribution in [2.45, 2.75) is 39.5 Å². The second-order valence-corrected chi connectivity index (χ2v) is 5.18. The quantitative estimate of drug-likeness (QED) is 0.710. The normalized spacial score (nSPS) is 9.55. The summed E-state index contributed by atoms with van der Waals surface area (Å²) in [5.41, 5.74) is 4.01. The van der Waals surface area contributed by atoms with Crippen molar-refractivity contribution in [1.29, 1.82) is 0 Å². The van der Waals surface area contributed by atoms with Gasteiger partial charge in [-0.05, 0) is 30.0 Å². The van der Waals surface area contributed by atoms with Gasteiger partial charge in [0.25, 0.3) is 0 Å². The molecule has 0 aliphatic rings. The maximum Gasteiger partial charge on any atom is 0.150 e. The first-order chi connectivity index (χ1) is 10.7. The SMILES string of the molecule is CCCc1cccc(C=O)c1.CCCc1ccccc1C=O. The zero-order valence-electron chi connectivity index (χ0n) is 13.4. The van der Waals surface area contributed by atoms with Gasteiger partial charge >= 0.3 is 0 Å². The molecule has 22 heavy (non-hydrogen) atoms. The number of benzene rings is 2. The van der Waals surface area contributed by atoms with Gasteiger partial charge in [-0.25, -0.2) is 0 Å². The van der Waals surface area contributed by atoms with E-state index in [-0.39, 0.29) is 0 Å². The Bertz CT molecular complexity index is 588. The molecule has 0 aliphatic heterocycles. The van der Waals surface area contributed by atoms with Crippen molar-refractivity contribution in [1.82, 2.24) is 0 Å². The number of carbonyl (C=O) groups is 2. The Morgan fingerprint density at radius 3 is 2.18 bits per heavy atom. The minimum absolute atomic E-state index is 0.774. The summed E-state index contributed by atoms with van der Waals surface area (Å²) < 4.78 is 0. The lowest BCUT2D eigenvalue weighted by Crippen LogP contribution is -1.90. The first-order valence-electron chi connectivity index (χ1n) is 7.82. The Hall–Kier alpha value is -2.22. The fraction of sp³-hybridized carbons (Fsp3) is 0.300. The summed E-state index contributed by atoms with van der Waals surface area (Å²) in [5.74, 6) is 0. The van der Waals surface area contributed by atoms with Gasteiger partial charge in [0, 0.05) is 11.1 Å². The third-order valence-electron chi connectivity index (χ3n) is 3.33. The molecule has 2 heteroatoms. The molecule has 0 radical (unpaired) electrons. The van der Waals surface area contributed by atoms with E-state index in [1.165, 1.54) is 5.56 Å². The highest BCUT2D eigenvalue weighted by Gasteiger charge is 1.96. The van der Waals surface area contributed by atoms with Crippen LogP contribution in [0.1, 0.15) is 58.5 Å². The third kappa shape index (κ3) is 6.04. The average molecular weight is 296 g/mol. The van der Waals surface area contributed by atoms with E-state index in [0.717, 1.165) is 54.9 Å². The molecule has 116 valence electrons. The first-order valence-corrected chi connectivity index (χ1v) is 7.82. The highest BCUT2D eigenvalue weighted by Crippen LogP contribution is 2.08. The summed E-state index contributed by atoms with van der Waals surface area (Å²) in [7, 11) is 0. The number of aldehydes is 2. The van der Waals surface area contributed by atoms with Crippen molar-refractivity contribution < 1.29 is 9.59 Å². The molecular formula is C20H24O2. The van der Waals surface area contributed by atoms with Crippen LogP contribution in [0.5, 0.6) is 0 Å². The predicted molar refractivity (Wildman–Crippen MR) is 91.6 cm³/mol. The van der Waals surface area contributed by atoms with E-state index in [1.807, 2.05) is 42.5 Å². The molecule has 0 aromatic heterocycles. The van der Waals surface area contributed by atoms with E-state index in [4.69, 9.17) is 0 Å². The van der Waals surface area contributed by atoms with Gasteiger partial charge in [0.1, 0.15) is 12.6 Å². The summed E-state index contributed by atoms with van der Waals surface area (Å²) >= 11 is 0. The average Bonchev–Trinajstić information content (AvgIpc) is 2.57. The molecule has 0 saturated carbocycles. The van der Waals surface area contributed by atoms with Crippen molar-refractivity contribution in [3.8, 4) is 0 Å². The predicted octanol–water partition coefficient (Wildman–Crippen LogP) is 4.90. The van der Waals surface area contributed by atoms with E-state index in [2.05, 4.69) is 19.9 Å². The second-order valence-electron chi connectivity index (χ2n) is 5.18. The van der Waals surface area contributed by atoms with Crippen LogP contribution in [0.15, 0.2) is 48.5 Å². The molecule has 2 nitrogen and oxygen atoms in total. The van der Waals surface area contributed by atoms with Crippen molar-refractivity contribution in [3.63, 3.8) is 0 Å². The topological polar surface area (TPSA) is 34.1 Å². The van der Waals surface area contributed by atoms with Crippen LogP contribution in [0, 0.1) is 0 Å². The van der Waals surface area contributed by atoms with Crippen LogP contribution in [0.3, 0.4) is 0 Å². The lowest BCUT2D eigenvalue weighted by atomic mass is 10.0. The van der Waals surface area contributed by atoms with Crippen LogP contribution in [-0.4, -0.2) is 12.6 Å². The maximum atomic E-state index is 10.5. The summed E-state index contributed by atoms with van der Waals surface area (Å²) in [6, 6.07) is 15.5. The van der Waals surface area contributed by atoms with Gasteiger partial charge in [0.2, 0.25) is 0 Å². The zero-order chi connectivity index (χ0) is 16.2. The monoisotopic (exact) mass is 296 g/mol. The van der Waals surface area contributed by atoms with Crippen LogP contribution in [-0.2, 0) is 12.8 Å². The Kier molecular flexibility index (Phi) is 8.51. The summed E-state index contributed by atoms with van der Waals surface area (Å²) in [5, 5.41) is 0. The Labute approximate surface area is 133 Å². The van der Waals surface area contributed by atoms with Gasteiger partial charge in [-0.15, -0.1) is 0 Å². The summed E-state index contributed by atoms with van der Waals surface area (Å²) in [6.45, 7) is 4.25. The molecule has 0 bridgehead atoms. The molecule has 0 spiro atoms. The Balaban J connectivity index is 0.000000220. The number of rotatable bonds is 6. The molecule has 0 atom stereocenters. The van der Waals surface area contributed by atoms with Crippen molar-refractivity contribution in [2.24, 2.45) is 0 Å². The Morgan fingerprint density at radius 1 is 0.818 bits per heavy atom. The van der Waals surface area contributed by atoms with Gasteiger partial charge in [0.15, 0.2) is 0 Å². The fourth-order valence-corrected chi connectivity index (χ4v) is 2.26. The maximum absolute atomic E-state index is 10.5. The highest BCUT2D eigenvalue weighted by molar-refractivity contribution is 5.77. The standard InChI is InChI=1S/2C10H12O/c1-2-5-9-6-3-4-7-10(9)8-11;1-2-4-9-5-3-6-10(7-9)8-11/h3-4,6-8H,2,5H2,1H3;3,5-8H,2,4H2,1H3. The van der Waals surface area contributed by atoms with Gasteiger partial charge in [0.05, 0.1) is 0 Å². The largest absolute Gasteiger partial charge is 0.298 e. The Morgan fingerprint density at radius 2 is 1.55 bits per heavy atom. The molecule has 2 aromatic rings. The van der Waals surface area contributed by atoms with E-state index < -0.39 is 0 Å². The zero-order valence-corrected chi connectivity index (χ0v) is 13.4. The molecule has 0 aliphatic carbocycles. The van der Waals surface area contributed by atoms with Crippen LogP contribution in [0.25, 0.3) is 0 Å². The molecule has 0 fully saturated rings. The number of aryl methyl sites for hydroxylation is 2. The molecule has 2 rings (SSSR count). The molecule has 2 aromatic carbocycles. The van der Waals surface area contributed by atoms with Crippen LogP contribution in [0.4, 0.5) is 0 Å². The lowest BCUT2D eigenvalue weighted by molar-refractivity contribution is 0.111. The smallest absolute Gasteiger partial charge is 0.150 e. The van der Waals surface area contributed by atoms with E-state index in [0.29, 0.717) is 0 Å². The highest BCUT2D eigenvalue weighted by atomic mass is 16.1. The van der Waals surface area contributed by atoms with Gasteiger partial charge in [-0.1, -0.05) is 69.2 Å². The van der Waals surface area contributed by atoms with Crippen molar-refractivity contribution in [2.75, 3.05) is 0 Å². The molecule has 0 saturated heterocycles. The second kappa shape index (κ2) is 10.5. The van der Waals surface area contributed by atoms with Crippen molar-refractivity contribution in [3.05, 3.63) is 70.8 Å². The minimum Gasteiger partial charge on any atom is -0.298 e. The van der Waals surface area contributed by atoms with Crippen LogP contribution in [0.2, 0.25) is 0 Å². The molecular weight excluding hydrogens is 272 g/mol. The molecule has 0 unspecified atom stereocenters. The summed E-state index contributed by atoms with van der Waals surface area (Å²) in [4.78, 5) is 20.9. The first kappa shape index (κ1) is 17.8. The van der Waals surface area contributed by atoms with Crippen molar-refractivity contribution >= 4 is 12.6 Å². The minimum atomic E-state index is 0.774. The van der Waals surface area contributed by atoms with Crippen LogP contribution >= 0.6 is 0 Å². The number of carbonyl (C=O) groups excluding carboxylic acids is 2. The van der Waals surface area contributed by atoms with E-state index in [9.17, 15) is 9.59 Å². The van der Waals surface area contributed by atoms with Gasteiger partial charge in [-0.3, -0.25) is 9.59 Å². The van der Waals surface area contributed by atoms with Gasteiger partial charge < -0.3 is 0 Å². The number of hydrogen-bond donors (Lipinski definition) is 0. The number of hydrogen-bond acceptors (Lipinski definition) is 2. The van der Waals surface area contributed by atoms with Crippen LogP contribution < -0.4 is 0 Å². The molecule has 0 heterocycles. The fourth-order valence-electron chi connectivity index (χ4n) is 2.26. The molecule has 0 amide bonds. The third-order valence-corrected chi connectivity index (χ3v) is 3.33.